The topological polar surface area (TPSA) is 88.9 Å². The largest absolute Gasteiger partial charge is 0.272 e. The zero-order valence-electron chi connectivity index (χ0n) is 19.2. The van der Waals surface area contributed by atoms with Crippen LogP contribution in [0.25, 0.3) is 17.1 Å². The highest BCUT2D eigenvalue weighted by Gasteiger charge is 2.17. The molecule has 1 heterocycles. The molecule has 2 N–H and O–H groups in total. The maximum atomic E-state index is 12.4. The van der Waals surface area contributed by atoms with Gasteiger partial charge in [-0.05, 0) is 45.0 Å². The molecular weight excluding hydrogens is 446 g/mol. The molecule has 3 aromatic carbocycles. The van der Waals surface area contributed by atoms with Crippen molar-refractivity contribution in [2.75, 3.05) is 5.75 Å². The number of hydrazine groups is 1. The molecule has 0 fully saturated rings. The maximum Gasteiger partial charge on any atom is 0.269 e. The second-order valence-electron chi connectivity index (χ2n) is 8.00. The minimum Gasteiger partial charge on any atom is -0.272 e. The second kappa shape index (κ2) is 10.4. The molecule has 4 rings (SSSR count). The van der Waals surface area contributed by atoms with E-state index >= 15 is 0 Å². The number of amides is 2. The predicted octanol–water partition coefficient (Wildman–Crippen LogP) is 4.41. The number of nitrogens with zero attached hydrogens (tertiary/aromatic N) is 3. The van der Waals surface area contributed by atoms with Crippen LogP contribution in [0.3, 0.4) is 0 Å². The summed E-state index contributed by atoms with van der Waals surface area (Å²) in [5.74, 6) is 0.0366. The van der Waals surface area contributed by atoms with Crippen molar-refractivity contribution in [3.63, 3.8) is 0 Å². The molecule has 0 bridgehead atoms. The van der Waals surface area contributed by atoms with E-state index in [1.807, 2.05) is 86.0 Å². The van der Waals surface area contributed by atoms with Gasteiger partial charge < -0.3 is 0 Å². The molecule has 2 amide bonds. The summed E-state index contributed by atoms with van der Waals surface area (Å²) in [4.78, 5) is 24.6. The summed E-state index contributed by atoms with van der Waals surface area (Å²) in [6.07, 6.45) is 0. The van der Waals surface area contributed by atoms with Gasteiger partial charge in [-0.1, -0.05) is 77.0 Å². The molecule has 0 aliphatic rings. The lowest BCUT2D eigenvalue weighted by Crippen LogP contribution is -2.42. The van der Waals surface area contributed by atoms with Crippen molar-refractivity contribution < 1.29 is 9.59 Å². The van der Waals surface area contributed by atoms with Crippen LogP contribution in [0.4, 0.5) is 0 Å². The van der Waals surface area contributed by atoms with Crippen molar-refractivity contribution in [3.8, 4) is 17.1 Å². The molecule has 0 unspecified atom stereocenters. The molecule has 0 atom stereocenters. The van der Waals surface area contributed by atoms with Gasteiger partial charge in [-0.2, -0.15) is 0 Å². The number of hydrogen-bond donors (Lipinski definition) is 2. The summed E-state index contributed by atoms with van der Waals surface area (Å²) < 4.78 is 1.94. The van der Waals surface area contributed by atoms with Crippen molar-refractivity contribution in [1.82, 2.24) is 25.6 Å². The lowest BCUT2D eigenvalue weighted by molar-refractivity contribution is -0.119. The third kappa shape index (κ3) is 5.52. The minimum absolute atomic E-state index is 0.0616. The SMILES string of the molecule is Cc1ccc(C(=O)NNC(=O)CSc2nnc(-c3ccc(C)cc3)n2-c2ccc(C)cc2)cc1. The van der Waals surface area contributed by atoms with Crippen LogP contribution in [0, 0.1) is 20.8 Å². The Morgan fingerprint density at radius 1 is 0.765 bits per heavy atom. The van der Waals surface area contributed by atoms with Crippen LogP contribution in [-0.2, 0) is 4.79 Å². The van der Waals surface area contributed by atoms with Gasteiger partial charge in [-0.25, -0.2) is 0 Å². The van der Waals surface area contributed by atoms with Crippen molar-refractivity contribution in [1.29, 1.82) is 0 Å². The molecule has 0 aliphatic carbocycles. The van der Waals surface area contributed by atoms with E-state index in [1.165, 1.54) is 11.8 Å². The van der Waals surface area contributed by atoms with Crippen LogP contribution in [0.15, 0.2) is 78.0 Å². The second-order valence-corrected chi connectivity index (χ2v) is 8.94. The lowest BCUT2D eigenvalue weighted by atomic mass is 10.1. The van der Waals surface area contributed by atoms with Crippen molar-refractivity contribution in [3.05, 3.63) is 95.1 Å². The molecule has 0 saturated heterocycles. The summed E-state index contributed by atoms with van der Waals surface area (Å²) in [6, 6.07) is 23.2. The molecule has 8 heteroatoms. The molecule has 4 aromatic rings. The predicted molar refractivity (Wildman–Crippen MR) is 134 cm³/mol. The number of benzene rings is 3. The summed E-state index contributed by atoms with van der Waals surface area (Å²) in [5.41, 5.74) is 10.6. The Balaban J connectivity index is 1.48. The maximum absolute atomic E-state index is 12.4. The van der Waals surface area contributed by atoms with E-state index in [9.17, 15) is 9.59 Å². The first kappa shape index (κ1) is 23.3. The van der Waals surface area contributed by atoms with E-state index in [0.717, 1.165) is 27.9 Å². The average Bonchev–Trinajstić information content (AvgIpc) is 3.26. The molecular formula is C26H25N5O2S. The molecule has 34 heavy (non-hydrogen) atoms. The van der Waals surface area contributed by atoms with Crippen molar-refractivity contribution in [2.45, 2.75) is 25.9 Å². The standard InChI is InChI=1S/C26H25N5O2S/c1-17-4-10-20(11-5-17)24-28-30-26(31(24)22-14-8-19(3)9-15-22)34-16-23(32)27-29-25(33)21-12-6-18(2)7-13-21/h4-15H,16H2,1-3H3,(H,27,32)(H,29,33). The van der Waals surface area contributed by atoms with Crippen LogP contribution in [0.5, 0.6) is 0 Å². The van der Waals surface area contributed by atoms with Crippen LogP contribution in [-0.4, -0.2) is 32.3 Å². The Bertz CT molecular complexity index is 1300. The van der Waals surface area contributed by atoms with E-state index in [1.54, 1.807) is 12.1 Å². The average molecular weight is 472 g/mol. The highest BCUT2D eigenvalue weighted by atomic mass is 32.2. The number of rotatable bonds is 6. The monoisotopic (exact) mass is 471 g/mol. The zero-order valence-corrected chi connectivity index (χ0v) is 20.0. The normalized spacial score (nSPS) is 10.7. The molecule has 172 valence electrons. The van der Waals surface area contributed by atoms with Gasteiger partial charge in [0.25, 0.3) is 5.91 Å². The summed E-state index contributed by atoms with van der Waals surface area (Å²) in [7, 11) is 0. The first-order valence-corrected chi connectivity index (χ1v) is 11.8. The number of aryl methyl sites for hydroxylation is 3. The number of hydrogen-bond acceptors (Lipinski definition) is 5. The summed E-state index contributed by atoms with van der Waals surface area (Å²) >= 11 is 1.25. The van der Waals surface area contributed by atoms with E-state index in [2.05, 4.69) is 21.0 Å². The smallest absolute Gasteiger partial charge is 0.269 e. The number of thioether (sulfide) groups is 1. The number of carbonyl (C=O) groups is 2. The highest BCUT2D eigenvalue weighted by molar-refractivity contribution is 7.99. The zero-order chi connectivity index (χ0) is 24.1. The quantitative estimate of drug-likeness (QED) is 0.321. The Morgan fingerprint density at radius 2 is 1.32 bits per heavy atom. The first-order valence-electron chi connectivity index (χ1n) is 10.8. The Labute approximate surface area is 202 Å². The number of nitrogens with one attached hydrogen (secondary N) is 2. The van der Waals surface area contributed by atoms with Gasteiger partial charge in [-0.15, -0.1) is 10.2 Å². The van der Waals surface area contributed by atoms with Gasteiger partial charge in [0.2, 0.25) is 5.91 Å². The van der Waals surface area contributed by atoms with Gasteiger partial charge >= 0.3 is 0 Å². The third-order valence-corrected chi connectivity index (χ3v) is 6.13. The van der Waals surface area contributed by atoms with E-state index in [0.29, 0.717) is 16.5 Å². The van der Waals surface area contributed by atoms with Crippen molar-refractivity contribution >= 4 is 23.6 Å². The molecule has 0 spiro atoms. The third-order valence-electron chi connectivity index (χ3n) is 5.20. The van der Waals surface area contributed by atoms with Gasteiger partial charge in [0, 0.05) is 16.8 Å². The Hall–Kier alpha value is -3.91. The van der Waals surface area contributed by atoms with E-state index < -0.39 is 0 Å². The molecule has 0 aliphatic heterocycles. The molecule has 1 aromatic heterocycles. The van der Waals surface area contributed by atoms with Gasteiger partial charge in [0.05, 0.1) is 5.75 Å². The fourth-order valence-corrected chi connectivity index (χ4v) is 4.00. The van der Waals surface area contributed by atoms with Crippen LogP contribution in [0.1, 0.15) is 27.0 Å². The minimum atomic E-state index is -0.372. The number of aromatic nitrogens is 3. The fourth-order valence-electron chi connectivity index (χ4n) is 3.25. The molecule has 0 radical (unpaired) electrons. The van der Waals surface area contributed by atoms with Crippen LogP contribution < -0.4 is 10.9 Å². The molecule has 0 saturated carbocycles. The van der Waals surface area contributed by atoms with E-state index in [4.69, 9.17) is 0 Å². The van der Waals surface area contributed by atoms with Crippen LogP contribution >= 0.6 is 11.8 Å². The van der Waals surface area contributed by atoms with Gasteiger partial charge in [0.15, 0.2) is 11.0 Å². The van der Waals surface area contributed by atoms with E-state index in [-0.39, 0.29) is 17.6 Å². The van der Waals surface area contributed by atoms with Gasteiger partial charge in [0.1, 0.15) is 0 Å². The Kier molecular flexibility index (Phi) is 7.08. The summed E-state index contributed by atoms with van der Waals surface area (Å²) in [6.45, 7) is 6.01. The van der Waals surface area contributed by atoms with Crippen molar-refractivity contribution in [2.24, 2.45) is 0 Å². The lowest BCUT2D eigenvalue weighted by Gasteiger charge is -2.11. The molecule has 7 nitrogen and oxygen atoms in total. The Morgan fingerprint density at radius 3 is 1.94 bits per heavy atom. The first-order chi connectivity index (χ1) is 16.4. The number of carbonyl (C=O) groups excluding carboxylic acids is 2. The van der Waals surface area contributed by atoms with Gasteiger partial charge in [-0.3, -0.25) is 25.0 Å². The fraction of sp³-hybridized carbons (Fsp3) is 0.154. The van der Waals surface area contributed by atoms with Crippen LogP contribution in [0.2, 0.25) is 0 Å². The highest BCUT2D eigenvalue weighted by Crippen LogP contribution is 2.28. The summed E-state index contributed by atoms with van der Waals surface area (Å²) in [5, 5.41) is 9.33.